The lowest BCUT2D eigenvalue weighted by Crippen LogP contribution is -1.99. The van der Waals surface area contributed by atoms with Gasteiger partial charge in [-0.3, -0.25) is 4.99 Å². The van der Waals surface area contributed by atoms with E-state index in [9.17, 15) is 0 Å². The summed E-state index contributed by atoms with van der Waals surface area (Å²) in [6.07, 6.45) is 1.93. The molecule has 122 valence electrons. The fraction of sp³-hybridized carbons (Fsp3) is 0.190. The minimum Gasteiger partial charge on any atom is -0.457 e. The molecule has 0 atom stereocenters. The second-order valence-electron chi connectivity index (χ2n) is 5.74. The Morgan fingerprint density at radius 1 is 0.958 bits per heavy atom. The van der Waals surface area contributed by atoms with Crippen LogP contribution in [-0.2, 0) is 6.54 Å². The van der Waals surface area contributed by atoms with Gasteiger partial charge in [-0.15, -0.1) is 0 Å². The van der Waals surface area contributed by atoms with Gasteiger partial charge in [0.05, 0.1) is 5.69 Å². The lowest BCUT2D eigenvalue weighted by Gasteiger charge is -2.05. The normalized spacial score (nSPS) is 11.1. The standard InChI is InChI=1S/C21H22N2O/c1-4-23-16(2)14-18(17(23)3)15-22-19-10-12-21(13-11-19)24-20-8-6-5-7-9-20/h5-15H,4H2,1-3H3. The van der Waals surface area contributed by atoms with Crippen molar-refractivity contribution in [3.63, 3.8) is 0 Å². The summed E-state index contributed by atoms with van der Waals surface area (Å²) < 4.78 is 8.08. The number of aryl methyl sites for hydroxylation is 1. The van der Waals surface area contributed by atoms with Crippen LogP contribution in [0.1, 0.15) is 23.9 Å². The number of rotatable bonds is 5. The molecule has 3 aromatic rings. The summed E-state index contributed by atoms with van der Waals surface area (Å²) in [5.41, 5.74) is 4.60. The van der Waals surface area contributed by atoms with Crippen LogP contribution in [0.5, 0.6) is 11.5 Å². The van der Waals surface area contributed by atoms with E-state index in [1.54, 1.807) is 0 Å². The lowest BCUT2D eigenvalue weighted by molar-refractivity contribution is 0.483. The first-order valence-electron chi connectivity index (χ1n) is 8.21. The van der Waals surface area contributed by atoms with Gasteiger partial charge >= 0.3 is 0 Å². The van der Waals surface area contributed by atoms with Gasteiger partial charge in [-0.05, 0) is 63.2 Å². The number of aromatic nitrogens is 1. The van der Waals surface area contributed by atoms with E-state index in [2.05, 4.69) is 36.4 Å². The zero-order valence-corrected chi connectivity index (χ0v) is 14.4. The van der Waals surface area contributed by atoms with Gasteiger partial charge in [-0.2, -0.15) is 0 Å². The third-order valence-corrected chi connectivity index (χ3v) is 4.10. The molecule has 3 rings (SSSR count). The van der Waals surface area contributed by atoms with Crippen LogP contribution in [0.15, 0.2) is 65.7 Å². The summed E-state index contributed by atoms with van der Waals surface area (Å²) >= 11 is 0. The van der Waals surface area contributed by atoms with Gasteiger partial charge in [0.25, 0.3) is 0 Å². The van der Waals surface area contributed by atoms with Crippen molar-refractivity contribution in [1.82, 2.24) is 4.57 Å². The van der Waals surface area contributed by atoms with Crippen LogP contribution in [0.4, 0.5) is 5.69 Å². The van der Waals surface area contributed by atoms with E-state index in [4.69, 9.17) is 4.74 Å². The predicted octanol–water partition coefficient (Wildman–Crippen LogP) is 5.67. The highest BCUT2D eigenvalue weighted by Crippen LogP contribution is 2.24. The number of ether oxygens (including phenoxy) is 1. The molecule has 1 aromatic heterocycles. The number of nitrogens with zero attached hydrogens (tertiary/aromatic N) is 2. The molecule has 0 spiro atoms. The predicted molar refractivity (Wildman–Crippen MR) is 99.8 cm³/mol. The Balaban J connectivity index is 1.72. The fourth-order valence-corrected chi connectivity index (χ4v) is 2.81. The second-order valence-corrected chi connectivity index (χ2v) is 5.74. The number of para-hydroxylation sites is 1. The van der Waals surface area contributed by atoms with Crippen molar-refractivity contribution in [1.29, 1.82) is 0 Å². The van der Waals surface area contributed by atoms with E-state index in [1.807, 2.05) is 60.8 Å². The maximum absolute atomic E-state index is 5.79. The van der Waals surface area contributed by atoms with Crippen molar-refractivity contribution in [3.8, 4) is 11.5 Å². The molecule has 0 aliphatic rings. The van der Waals surface area contributed by atoms with Crippen LogP contribution < -0.4 is 4.74 Å². The van der Waals surface area contributed by atoms with Crippen LogP contribution in [0.2, 0.25) is 0 Å². The van der Waals surface area contributed by atoms with Gasteiger partial charge in [0, 0.05) is 29.7 Å². The zero-order chi connectivity index (χ0) is 16.9. The fourth-order valence-electron chi connectivity index (χ4n) is 2.81. The van der Waals surface area contributed by atoms with Crippen molar-refractivity contribution in [2.45, 2.75) is 27.3 Å². The topological polar surface area (TPSA) is 26.5 Å². The number of aliphatic imine (C=N–C) groups is 1. The average molecular weight is 318 g/mol. The first-order valence-corrected chi connectivity index (χ1v) is 8.21. The Kier molecular flexibility index (Phi) is 4.80. The minimum atomic E-state index is 0.810. The molecule has 0 bridgehead atoms. The maximum atomic E-state index is 5.79. The third kappa shape index (κ3) is 3.57. The van der Waals surface area contributed by atoms with Gasteiger partial charge in [-0.25, -0.2) is 0 Å². The quantitative estimate of drug-likeness (QED) is 0.557. The molecule has 1 heterocycles. The van der Waals surface area contributed by atoms with Gasteiger partial charge in [0.15, 0.2) is 0 Å². The maximum Gasteiger partial charge on any atom is 0.127 e. The van der Waals surface area contributed by atoms with Crippen LogP contribution in [-0.4, -0.2) is 10.8 Å². The minimum absolute atomic E-state index is 0.810. The van der Waals surface area contributed by atoms with Gasteiger partial charge in [0.2, 0.25) is 0 Å². The molecule has 0 amide bonds. The summed E-state index contributed by atoms with van der Waals surface area (Å²) in [6.45, 7) is 7.40. The van der Waals surface area contributed by atoms with Crippen molar-refractivity contribution < 1.29 is 4.74 Å². The summed E-state index contributed by atoms with van der Waals surface area (Å²) in [7, 11) is 0. The Morgan fingerprint density at radius 2 is 1.62 bits per heavy atom. The smallest absolute Gasteiger partial charge is 0.127 e. The highest BCUT2D eigenvalue weighted by Gasteiger charge is 2.05. The molecular formula is C21H22N2O. The third-order valence-electron chi connectivity index (χ3n) is 4.10. The molecule has 0 aliphatic carbocycles. The molecule has 0 aliphatic heterocycles. The van der Waals surface area contributed by atoms with Crippen LogP contribution in [0, 0.1) is 13.8 Å². The van der Waals surface area contributed by atoms with E-state index in [0.29, 0.717) is 0 Å². The number of benzene rings is 2. The molecule has 0 unspecified atom stereocenters. The van der Waals surface area contributed by atoms with E-state index in [1.165, 1.54) is 17.0 Å². The highest BCUT2D eigenvalue weighted by atomic mass is 16.5. The van der Waals surface area contributed by atoms with Gasteiger partial charge in [-0.1, -0.05) is 18.2 Å². The Labute approximate surface area is 143 Å². The number of hydrogen-bond acceptors (Lipinski definition) is 2. The molecule has 24 heavy (non-hydrogen) atoms. The average Bonchev–Trinajstić information content (AvgIpc) is 2.88. The van der Waals surface area contributed by atoms with Crippen molar-refractivity contribution >= 4 is 11.9 Å². The molecule has 0 saturated heterocycles. The van der Waals surface area contributed by atoms with Gasteiger partial charge < -0.3 is 9.30 Å². The van der Waals surface area contributed by atoms with E-state index >= 15 is 0 Å². The Bertz CT molecular complexity index is 830. The van der Waals surface area contributed by atoms with E-state index in [0.717, 1.165) is 23.7 Å². The summed E-state index contributed by atoms with van der Waals surface area (Å²) in [5.74, 6) is 1.64. The van der Waals surface area contributed by atoms with Gasteiger partial charge in [0.1, 0.15) is 11.5 Å². The van der Waals surface area contributed by atoms with E-state index in [-0.39, 0.29) is 0 Å². The zero-order valence-electron chi connectivity index (χ0n) is 14.4. The molecule has 3 heteroatoms. The SMILES string of the molecule is CCn1c(C)cc(C=Nc2ccc(Oc3ccccc3)cc2)c1C. The number of hydrogen-bond donors (Lipinski definition) is 0. The van der Waals surface area contributed by atoms with Crippen LogP contribution in [0.25, 0.3) is 0 Å². The molecule has 0 fully saturated rings. The van der Waals surface area contributed by atoms with Crippen molar-refractivity contribution in [2.24, 2.45) is 4.99 Å². The highest BCUT2D eigenvalue weighted by molar-refractivity contribution is 5.83. The lowest BCUT2D eigenvalue weighted by atomic mass is 10.2. The molecule has 0 radical (unpaired) electrons. The second kappa shape index (κ2) is 7.18. The molecule has 0 saturated carbocycles. The Morgan fingerprint density at radius 3 is 2.25 bits per heavy atom. The first kappa shape index (κ1) is 16.1. The molecular weight excluding hydrogens is 296 g/mol. The van der Waals surface area contributed by atoms with E-state index < -0.39 is 0 Å². The summed E-state index contributed by atoms with van der Waals surface area (Å²) in [5, 5.41) is 0. The van der Waals surface area contributed by atoms with Crippen molar-refractivity contribution in [3.05, 3.63) is 77.6 Å². The Hall–Kier alpha value is -2.81. The van der Waals surface area contributed by atoms with Crippen LogP contribution >= 0.6 is 0 Å². The van der Waals surface area contributed by atoms with Crippen LogP contribution in [0.3, 0.4) is 0 Å². The summed E-state index contributed by atoms with van der Waals surface area (Å²) in [6, 6.07) is 19.8. The summed E-state index contributed by atoms with van der Waals surface area (Å²) in [4.78, 5) is 4.58. The molecule has 3 nitrogen and oxygen atoms in total. The molecule has 0 N–H and O–H groups in total. The monoisotopic (exact) mass is 318 g/mol. The first-order chi connectivity index (χ1) is 11.7. The largest absolute Gasteiger partial charge is 0.457 e. The van der Waals surface area contributed by atoms with Crippen molar-refractivity contribution in [2.75, 3.05) is 0 Å². The molecule has 2 aromatic carbocycles.